The first-order chi connectivity index (χ1) is 16.2. The molecule has 0 fully saturated rings. The fourth-order valence-corrected chi connectivity index (χ4v) is 4.31. The van der Waals surface area contributed by atoms with Crippen LogP contribution in [0.5, 0.6) is 5.75 Å². The van der Waals surface area contributed by atoms with E-state index in [9.17, 15) is 13.0 Å². The lowest BCUT2D eigenvalue weighted by molar-refractivity contribution is 0.321. The van der Waals surface area contributed by atoms with Gasteiger partial charge in [0.05, 0.1) is 23.4 Å². The zero-order chi connectivity index (χ0) is 24.3. The highest BCUT2D eigenvalue weighted by molar-refractivity contribution is 7.85. The van der Waals surface area contributed by atoms with Gasteiger partial charge in [0.1, 0.15) is 11.4 Å². The molecule has 34 heavy (non-hydrogen) atoms. The van der Waals surface area contributed by atoms with Gasteiger partial charge in [0.25, 0.3) is 10.1 Å². The molecule has 8 nitrogen and oxygen atoms in total. The topological polar surface area (TPSA) is 97.5 Å². The Hall–Kier alpha value is -3.69. The maximum atomic E-state index is 11.6. The van der Waals surface area contributed by atoms with Gasteiger partial charge in [-0.25, -0.2) is 4.68 Å². The molecule has 9 heteroatoms. The summed E-state index contributed by atoms with van der Waals surface area (Å²) in [6.07, 6.45) is 2.22. The van der Waals surface area contributed by atoms with Gasteiger partial charge in [0.2, 0.25) is 0 Å². The second-order valence-corrected chi connectivity index (χ2v) is 9.56. The van der Waals surface area contributed by atoms with E-state index in [0.717, 1.165) is 28.2 Å². The quantitative estimate of drug-likeness (QED) is 0.380. The Morgan fingerprint density at radius 1 is 1.00 bits per heavy atom. The molecule has 0 bridgehead atoms. The van der Waals surface area contributed by atoms with Gasteiger partial charge in [0.15, 0.2) is 0 Å². The third-order valence-electron chi connectivity index (χ3n) is 5.41. The Balaban J connectivity index is 1.40. The van der Waals surface area contributed by atoms with Crippen molar-refractivity contribution in [1.29, 1.82) is 0 Å². The molecule has 0 spiro atoms. The van der Waals surface area contributed by atoms with Crippen LogP contribution in [0.15, 0.2) is 77.8 Å². The highest BCUT2D eigenvalue weighted by Crippen LogP contribution is 2.23. The van der Waals surface area contributed by atoms with Gasteiger partial charge in [-0.1, -0.05) is 35.0 Å². The molecule has 1 N–H and O–H groups in total. The van der Waals surface area contributed by atoms with Crippen molar-refractivity contribution in [3.05, 3.63) is 84.1 Å². The molecule has 0 aliphatic carbocycles. The van der Waals surface area contributed by atoms with Gasteiger partial charge < -0.3 is 9.64 Å². The molecule has 0 saturated carbocycles. The summed E-state index contributed by atoms with van der Waals surface area (Å²) in [4.78, 5) is 1.95. The highest BCUT2D eigenvalue weighted by Gasteiger charge is 2.15. The lowest BCUT2D eigenvalue weighted by Gasteiger charge is -2.11. The molecule has 0 atom stereocenters. The Kier molecular flexibility index (Phi) is 6.67. The first-order valence-corrected chi connectivity index (χ1v) is 12.1. The Bertz CT molecular complexity index is 1380. The number of hydrogen-bond acceptors (Lipinski definition) is 6. The zero-order valence-corrected chi connectivity index (χ0v) is 20.0. The van der Waals surface area contributed by atoms with E-state index in [1.165, 1.54) is 6.07 Å². The summed E-state index contributed by atoms with van der Waals surface area (Å²) in [7, 11) is -0.283. The van der Waals surface area contributed by atoms with Crippen LogP contribution in [-0.2, 0) is 16.5 Å². The number of aryl methyl sites for hydroxylation is 1. The molecule has 4 rings (SSSR count). The fraction of sp³-hybridized carbons (Fsp3) is 0.200. The highest BCUT2D eigenvalue weighted by atomic mass is 32.2. The molecule has 0 unspecified atom stereocenters. The Morgan fingerprint density at radius 2 is 1.71 bits per heavy atom. The minimum absolute atomic E-state index is 0.0876. The lowest BCUT2D eigenvalue weighted by Crippen LogP contribution is -2.08. The van der Waals surface area contributed by atoms with Crippen LogP contribution in [-0.4, -0.2) is 48.7 Å². The van der Waals surface area contributed by atoms with Gasteiger partial charge in [-0.15, -0.1) is 5.10 Å². The fourth-order valence-electron chi connectivity index (χ4n) is 3.58. The summed E-state index contributed by atoms with van der Waals surface area (Å²) in [5, 5.41) is 8.50. The minimum atomic E-state index is -4.28. The molecule has 176 valence electrons. The molecular weight excluding hydrogens is 452 g/mol. The molecule has 0 aliphatic rings. The van der Waals surface area contributed by atoms with E-state index in [4.69, 9.17) is 4.74 Å². The molecule has 1 heterocycles. The third kappa shape index (κ3) is 5.44. The number of hydrogen-bond donors (Lipinski definition) is 1. The minimum Gasteiger partial charge on any atom is -0.493 e. The molecule has 3 aromatic carbocycles. The number of nitrogens with zero attached hydrogens (tertiary/aromatic N) is 4. The van der Waals surface area contributed by atoms with Crippen molar-refractivity contribution in [3.8, 4) is 22.7 Å². The predicted molar refractivity (Wildman–Crippen MR) is 131 cm³/mol. The largest absolute Gasteiger partial charge is 0.493 e. The van der Waals surface area contributed by atoms with E-state index in [1.807, 2.05) is 80.6 Å². The number of aromatic nitrogens is 3. The predicted octanol–water partition coefficient (Wildman–Crippen LogP) is 4.18. The summed E-state index contributed by atoms with van der Waals surface area (Å²) in [6.45, 7) is 2.13. The summed E-state index contributed by atoms with van der Waals surface area (Å²) in [6, 6.07) is 20.3. The summed E-state index contributed by atoms with van der Waals surface area (Å²) in [5.41, 5.74) is 5.14. The van der Waals surface area contributed by atoms with E-state index in [-0.39, 0.29) is 11.5 Å². The maximum absolute atomic E-state index is 11.6. The second kappa shape index (κ2) is 9.66. The van der Waals surface area contributed by atoms with E-state index in [2.05, 4.69) is 10.3 Å². The van der Waals surface area contributed by atoms with Crippen molar-refractivity contribution in [2.24, 2.45) is 0 Å². The molecule has 0 aliphatic heterocycles. The van der Waals surface area contributed by atoms with Crippen LogP contribution >= 0.6 is 0 Å². The molecule has 0 amide bonds. The SMILES string of the molecule is Cc1ccc(S(=O)(=O)O)c(CCOc2ccc(-n3cc(-c4ccc(N(C)C)cc4)nn3)cc2)c1. The molecule has 0 radical (unpaired) electrons. The van der Waals surface area contributed by atoms with Gasteiger partial charge in [0, 0.05) is 31.8 Å². The van der Waals surface area contributed by atoms with E-state index in [0.29, 0.717) is 17.7 Å². The molecule has 0 saturated heterocycles. The monoisotopic (exact) mass is 478 g/mol. The van der Waals surface area contributed by atoms with Gasteiger partial charge in [-0.2, -0.15) is 8.42 Å². The van der Waals surface area contributed by atoms with Crippen LogP contribution in [0.2, 0.25) is 0 Å². The maximum Gasteiger partial charge on any atom is 0.294 e. The van der Waals surface area contributed by atoms with Crippen molar-refractivity contribution < 1.29 is 17.7 Å². The number of rotatable bonds is 8. The van der Waals surface area contributed by atoms with Crippen LogP contribution in [0.4, 0.5) is 5.69 Å². The van der Waals surface area contributed by atoms with Crippen molar-refractivity contribution in [2.75, 3.05) is 25.6 Å². The van der Waals surface area contributed by atoms with E-state index >= 15 is 0 Å². The second-order valence-electron chi connectivity index (χ2n) is 8.17. The number of anilines is 1. The zero-order valence-electron chi connectivity index (χ0n) is 19.2. The average molecular weight is 479 g/mol. The average Bonchev–Trinajstić information content (AvgIpc) is 3.29. The Labute approximate surface area is 199 Å². The number of benzene rings is 3. The summed E-state index contributed by atoms with van der Waals surface area (Å²) in [5.74, 6) is 0.643. The summed E-state index contributed by atoms with van der Waals surface area (Å²) < 4.78 is 40.1. The van der Waals surface area contributed by atoms with E-state index < -0.39 is 10.1 Å². The van der Waals surface area contributed by atoms with Crippen molar-refractivity contribution >= 4 is 15.8 Å². The van der Waals surface area contributed by atoms with E-state index in [1.54, 1.807) is 16.8 Å². The first kappa shape index (κ1) is 23.5. The van der Waals surface area contributed by atoms with Crippen molar-refractivity contribution in [2.45, 2.75) is 18.2 Å². The van der Waals surface area contributed by atoms with Crippen LogP contribution in [0.25, 0.3) is 16.9 Å². The van der Waals surface area contributed by atoms with Gasteiger partial charge >= 0.3 is 0 Å². The van der Waals surface area contributed by atoms with Gasteiger partial charge in [-0.05, 0) is 55.0 Å². The van der Waals surface area contributed by atoms with Crippen LogP contribution in [0.1, 0.15) is 11.1 Å². The standard InChI is InChI=1S/C25H26N4O4S/c1-18-4-13-25(34(30,31)32)20(16-18)14-15-33-23-11-9-22(10-12-23)29-17-24(26-27-29)19-5-7-21(8-6-19)28(2)3/h4-13,16-17H,14-15H2,1-3H3,(H,30,31,32). The van der Waals surface area contributed by atoms with Crippen molar-refractivity contribution in [1.82, 2.24) is 15.0 Å². The number of ether oxygens (including phenoxy) is 1. The van der Waals surface area contributed by atoms with Gasteiger partial charge in [-0.3, -0.25) is 4.55 Å². The lowest BCUT2D eigenvalue weighted by atomic mass is 10.1. The van der Waals surface area contributed by atoms with Crippen LogP contribution < -0.4 is 9.64 Å². The molecule has 1 aromatic heterocycles. The summed E-state index contributed by atoms with van der Waals surface area (Å²) >= 11 is 0. The van der Waals surface area contributed by atoms with Crippen LogP contribution in [0, 0.1) is 6.92 Å². The Morgan fingerprint density at radius 3 is 2.35 bits per heavy atom. The normalized spacial score (nSPS) is 11.4. The van der Waals surface area contributed by atoms with Crippen molar-refractivity contribution in [3.63, 3.8) is 0 Å². The first-order valence-electron chi connectivity index (χ1n) is 10.7. The molecular formula is C25H26N4O4S. The van der Waals surface area contributed by atoms with Crippen LogP contribution in [0.3, 0.4) is 0 Å². The smallest absolute Gasteiger partial charge is 0.294 e. The molecule has 4 aromatic rings. The third-order valence-corrected chi connectivity index (χ3v) is 6.36.